The van der Waals surface area contributed by atoms with E-state index in [2.05, 4.69) is 20.3 Å². The Morgan fingerprint density at radius 1 is 1.21 bits per heavy atom. The third kappa shape index (κ3) is 2.64. The van der Waals surface area contributed by atoms with E-state index in [0.717, 1.165) is 18.5 Å². The normalized spacial score (nSPS) is 11.4. The molecule has 2 heterocycles. The van der Waals surface area contributed by atoms with Gasteiger partial charge in [-0.3, -0.25) is 4.98 Å². The van der Waals surface area contributed by atoms with Crippen LogP contribution in [-0.4, -0.2) is 22.0 Å². The van der Waals surface area contributed by atoms with Crippen LogP contribution < -0.4 is 5.32 Å². The predicted molar refractivity (Wildman–Crippen MR) is 64.5 cm³/mol. The average Bonchev–Trinajstić information content (AvgIpc) is 2.38. The van der Waals surface area contributed by atoms with Crippen molar-refractivity contribution < 1.29 is 13.2 Å². The maximum atomic E-state index is 13.0. The van der Waals surface area contributed by atoms with E-state index in [1.54, 1.807) is 14.0 Å². The van der Waals surface area contributed by atoms with Crippen molar-refractivity contribution in [3.8, 4) is 11.3 Å². The third-order valence-corrected chi connectivity index (χ3v) is 2.58. The van der Waals surface area contributed by atoms with Gasteiger partial charge in [0, 0.05) is 31.2 Å². The van der Waals surface area contributed by atoms with Crippen LogP contribution in [0.1, 0.15) is 11.1 Å². The monoisotopic (exact) mass is 268 g/mol. The molecule has 0 saturated carbocycles. The molecule has 0 spiro atoms. The standard InChI is InChI=1S/C12H11F3N4/c1-7-5-18-11(16-2)19-10(7)8-6-17-4-3-9(8)12(13,14)15/h3-6H,1-2H3,(H,16,18,19). The highest BCUT2D eigenvalue weighted by Crippen LogP contribution is 2.36. The molecule has 4 nitrogen and oxygen atoms in total. The summed E-state index contributed by atoms with van der Waals surface area (Å²) >= 11 is 0. The van der Waals surface area contributed by atoms with Crippen LogP contribution in [-0.2, 0) is 6.18 Å². The second kappa shape index (κ2) is 4.83. The van der Waals surface area contributed by atoms with E-state index in [0.29, 0.717) is 5.56 Å². The van der Waals surface area contributed by atoms with Crippen molar-refractivity contribution in [2.75, 3.05) is 12.4 Å². The van der Waals surface area contributed by atoms with Crippen molar-refractivity contribution in [1.29, 1.82) is 0 Å². The number of hydrogen-bond donors (Lipinski definition) is 1. The zero-order valence-electron chi connectivity index (χ0n) is 10.3. The lowest BCUT2D eigenvalue weighted by molar-refractivity contribution is -0.137. The van der Waals surface area contributed by atoms with Gasteiger partial charge in [0.1, 0.15) is 0 Å². The molecule has 7 heteroatoms. The Labute approximate surface area is 107 Å². The van der Waals surface area contributed by atoms with Crippen LogP contribution in [0.15, 0.2) is 24.7 Å². The number of aromatic nitrogens is 3. The quantitative estimate of drug-likeness (QED) is 0.909. The fraction of sp³-hybridized carbons (Fsp3) is 0.250. The topological polar surface area (TPSA) is 50.7 Å². The molecule has 0 fully saturated rings. The zero-order valence-corrected chi connectivity index (χ0v) is 10.3. The lowest BCUT2D eigenvalue weighted by atomic mass is 10.0. The molecule has 0 atom stereocenters. The van der Waals surface area contributed by atoms with Gasteiger partial charge in [-0.25, -0.2) is 9.97 Å². The highest BCUT2D eigenvalue weighted by atomic mass is 19.4. The zero-order chi connectivity index (χ0) is 14.0. The van der Waals surface area contributed by atoms with E-state index < -0.39 is 11.7 Å². The van der Waals surface area contributed by atoms with Crippen LogP contribution in [0.3, 0.4) is 0 Å². The van der Waals surface area contributed by atoms with Crippen molar-refractivity contribution in [3.63, 3.8) is 0 Å². The van der Waals surface area contributed by atoms with E-state index in [-0.39, 0.29) is 17.2 Å². The molecule has 0 aliphatic carbocycles. The minimum atomic E-state index is -4.45. The van der Waals surface area contributed by atoms with Crippen LogP contribution in [0.25, 0.3) is 11.3 Å². The molecule has 0 saturated heterocycles. The molecule has 0 unspecified atom stereocenters. The Kier molecular flexibility index (Phi) is 3.37. The van der Waals surface area contributed by atoms with Crippen LogP contribution in [0.4, 0.5) is 19.1 Å². The maximum Gasteiger partial charge on any atom is 0.417 e. The first-order chi connectivity index (χ1) is 8.93. The minimum absolute atomic E-state index is 0.0496. The summed E-state index contributed by atoms with van der Waals surface area (Å²) in [4.78, 5) is 11.8. The molecule has 2 aromatic heterocycles. The summed E-state index contributed by atoms with van der Waals surface area (Å²) in [5.41, 5.74) is -0.0324. The van der Waals surface area contributed by atoms with E-state index >= 15 is 0 Å². The second-order valence-electron chi connectivity index (χ2n) is 3.89. The number of pyridine rings is 1. The van der Waals surface area contributed by atoms with Gasteiger partial charge in [-0.15, -0.1) is 0 Å². The third-order valence-electron chi connectivity index (χ3n) is 2.58. The van der Waals surface area contributed by atoms with Crippen LogP contribution in [0.2, 0.25) is 0 Å². The van der Waals surface area contributed by atoms with Crippen LogP contribution in [0.5, 0.6) is 0 Å². The van der Waals surface area contributed by atoms with Gasteiger partial charge in [0.05, 0.1) is 11.3 Å². The first-order valence-electron chi connectivity index (χ1n) is 5.46. The number of aryl methyl sites for hydroxylation is 1. The largest absolute Gasteiger partial charge is 0.417 e. The highest BCUT2D eigenvalue weighted by molar-refractivity contribution is 5.67. The Balaban J connectivity index is 2.65. The fourth-order valence-electron chi connectivity index (χ4n) is 1.67. The van der Waals surface area contributed by atoms with Gasteiger partial charge in [0.2, 0.25) is 5.95 Å². The summed E-state index contributed by atoms with van der Waals surface area (Å²) in [6.07, 6.45) is -0.698. The van der Waals surface area contributed by atoms with Gasteiger partial charge in [-0.05, 0) is 18.6 Å². The smallest absolute Gasteiger partial charge is 0.357 e. The van der Waals surface area contributed by atoms with E-state index in [1.807, 2.05) is 0 Å². The SMILES string of the molecule is CNc1ncc(C)c(-c2cnccc2C(F)(F)F)n1. The van der Waals surface area contributed by atoms with Gasteiger partial charge in [-0.1, -0.05) is 0 Å². The number of hydrogen-bond acceptors (Lipinski definition) is 4. The Morgan fingerprint density at radius 3 is 2.58 bits per heavy atom. The van der Waals surface area contributed by atoms with Crippen LogP contribution in [0, 0.1) is 6.92 Å². The van der Waals surface area contributed by atoms with Crippen molar-refractivity contribution in [2.45, 2.75) is 13.1 Å². The molecule has 2 rings (SSSR count). The number of alkyl halides is 3. The summed E-state index contributed by atoms with van der Waals surface area (Å²) in [6.45, 7) is 1.65. The van der Waals surface area contributed by atoms with Gasteiger partial charge in [0.25, 0.3) is 0 Å². The lowest BCUT2D eigenvalue weighted by Crippen LogP contribution is -2.09. The van der Waals surface area contributed by atoms with E-state index in [1.165, 1.54) is 6.20 Å². The van der Waals surface area contributed by atoms with Crippen LogP contribution >= 0.6 is 0 Å². The molecule has 0 aromatic carbocycles. The summed E-state index contributed by atoms with van der Waals surface area (Å²) in [7, 11) is 1.60. The van der Waals surface area contributed by atoms with Crippen molar-refractivity contribution >= 4 is 5.95 Å². The molecular formula is C12H11F3N4. The molecule has 0 amide bonds. The molecule has 100 valence electrons. The molecule has 0 bridgehead atoms. The number of rotatable bonds is 2. The van der Waals surface area contributed by atoms with Gasteiger partial charge >= 0.3 is 6.18 Å². The average molecular weight is 268 g/mol. The number of nitrogens with one attached hydrogen (secondary N) is 1. The molecule has 1 N–H and O–H groups in total. The van der Waals surface area contributed by atoms with Crippen molar-refractivity contribution in [2.24, 2.45) is 0 Å². The predicted octanol–water partition coefficient (Wildman–Crippen LogP) is 2.91. The van der Waals surface area contributed by atoms with Crippen molar-refractivity contribution in [1.82, 2.24) is 15.0 Å². The number of halogens is 3. The summed E-state index contributed by atoms with van der Waals surface area (Å²) in [6, 6.07) is 0.940. The minimum Gasteiger partial charge on any atom is -0.357 e. The molecule has 0 aliphatic heterocycles. The number of anilines is 1. The second-order valence-corrected chi connectivity index (χ2v) is 3.89. The molecule has 0 aliphatic rings. The summed E-state index contributed by atoms with van der Waals surface area (Å²) < 4.78 is 38.9. The molecule has 2 aromatic rings. The van der Waals surface area contributed by atoms with Gasteiger partial charge in [-0.2, -0.15) is 13.2 Å². The number of nitrogens with zero attached hydrogens (tertiary/aromatic N) is 3. The van der Waals surface area contributed by atoms with Gasteiger partial charge in [0.15, 0.2) is 0 Å². The Morgan fingerprint density at radius 2 is 1.95 bits per heavy atom. The lowest BCUT2D eigenvalue weighted by Gasteiger charge is -2.13. The Hall–Kier alpha value is -2.18. The first-order valence-corrected chi connectivity index (χ1v) is 5.46. The van der Waals surface area contributed by atoms with Gasteiger partial charge < -0.3 is 5.32 Å². The van der Waals surface area contributed by atoms with E-state index in [4.69, 9.17) is 0 Å². The highest BCUT2D eigenvalue weighted by Gasteiger charge is 2.34. The maximum absolute atomic E-state index is 13.0. The first kappa shape index (κ1) is 13.3. The van der Waals surface area contributed by atoms with E-state index in [9.17, 15) is 13.2 Å². The fourth-order valence-corrected chi connectivity index (χ4v) is 1.67. The molecular weight excluding hydrogens is 257 g/mol. The summed E-state index contributed by atoms with van der Waals surface area (Å²) in [5, 5.41) is 2.70. The molecule has 19 heavy (non-hydrogen) atoms. The Bertz CT molecular complexity index is 596. The summed E-state index contributed by atoms with van der Waals surface area (Å²) in [5.74, 6) is 0.262. The van der Waals surface area contributed by atoms with Crippen molar-refractivity contribution in [3.05, 3.63) is 35.8 Å². The molecule has 0 radical (unpaired) electrons.